The van der Waals surface area contributed by atoms with Crippen LogP contribution in [0.4, 0.5) is 10.3 Å². The van der Waals surface area contributed by atoms with Gasteiger partial charge in [0.15, 0.2) is 5.82 Å². The second-order valence-electron chi connectivity index (χ2n) is 2.87. The number of nitrogens with zero attached hydrogens (tertiary/aromatic N) is 2. The van der Waals surface area contributed by atoms with E-state index in [0.717, 1.165) is 12.4 Å². The molecule has 1 aromatic rings. The largest absolute Gasteiger partial charge is 0.377 e. The molecule has 4 nitrogen and oxygen atoms in total. The van der Waals surface area contributed by atoms with E-state index >= 15 is 0 Å². The Morgan fingerprint density at radius 1 is 1.50 bits per heavy atom. The molecular weight excluding hydrogens is 185 g/mol. The SMILES string of the molecule is CCOC(C)CNc1ncc(F)cn1. The van der Waals surface area contributed by atoms with Crippen LogP contribution in [0.1, 0.15) is 13.8 Å². The van der Waals surface area contributed by atoms with Crippen LogP contribution in [0.2, 0.25) is 0 Å². The molecule has 1 aromatic heterocycles. The van der Waals surface area contributed by atoms with E-state index in [9.17, 15) is 4.39 Å². The molecule has 1 N–H and O–H groups in total. The molecule has 0 aliphatic heterocycles. The first kappa shape index (κ1) is 10.8. The lowest BCUT2D eigenvalue weighted by Crippen LogP contribution is -2.20. The van der Waals surface area contributed by atoms with Crippen molar-refractivity contribution in [2.75, 3.05) is 18.5 Å². The van der Waals surface area contributed by atoms with Gasteiger partial charge in [0.25, 0.3) is 0 Å². The number of rotatable bonds is 5. The van der Waals surface area contributed by atoms with Crippen molar-refractivity contribution in [1.82, 2.24) is 9.97 Å². The Labute approximate surface area is 82.5 Å². The molecule has 1 heterocycles. The van der Waals surface area contributed by atoms with E-state index in [1.165, 1.54) is 0 Å². The number of ether oxygens (including phenoxy) is 1. The zero-order valence-electron chi connectivity index (χ0n) is 8.33. The highest BCUT2D eigenvalue weighted by atomic mass is 19.1. The Morgan fingerprint density at radius 3 is 2.71 bits per heavy atom. The summed E-state index contributed by atoms with van der Waals surface area (Å²) in [5.74, 6) is -0.0219. The van der Waals surface area contributed by atoms with Gasteiger partial charge in [0.1, 0.15) is 0 Å². The third-order valence-corrected chi connectivity index (χ3v) is 1.62. The lowest BCUT2D eigenvalue weighted by Gasteiger charge is -2.11. The van der Waals surface area contributed by atoms with Crippen LogP contribution < -0.4 is 5.32 Å². The summed E-state index contributed by atoms with van der Waals surface area (Å²) in [5, 5.41) is 2.94. The number of hydrogen-bond donors (Lipinski definition) is 1. The molecule has 0 aromatic carbocycles. The summed E-state index contributed by atoms with van der Waals surface area (Å²) in [6.45, 7) is 5.16. The van der Waals surface area contributed by atoms with E-state index in [-0.39, 0.29) is 6.10 Å². The maximum Gasteiger partial charge on any atom is 0.222 e. The predicted molar refractivity (Wildman–Crippen MR) is 51.6 cm³/mol. The Morgan fingerprint density at radius 2 is 2.14 bits per heavy atom. The standard InChI is InChI=1S/C9H14FN3O/c1-3-14-7(2)4-11-9-12-5-8(10)6-13-9/h5-7H,3-4H2,1-2H3,(H,11,12,13). The Bertz CT molecular complexity index is 265. The summed E-state index contributed by atoms with van der Waals surface area (Å²) in [5.41, 5.74) is 0. The van der Waals surface area contributed by atoms with E-state index in [1.54, 1.807) is 0 Å². The smallest absolute Gasteiger partial charge is 0.222 e. The van der Waals surface area contributed by atoms with Crippen LogP contribution in [0.3, 0.4) is 0 Å². The second kappa shape index (κ2) is 5.49. The molecule has 0 radical (unpaired) electrons. The minimum absolute atomic E-state index is 0.0913. The molecule has 0 bridgehead atoms. The van der Waals surface area contributed by atoms with E-state index in [1.807, 2.05) is 13.8 Å². The van der Waals surface area contributed by atoms with Crippen LogP contribution in [0.15, 0.2) is 12.4 Å². The molecular formula is C9H14FN3O. The third kappa shape index (κ3) is 3.66. The second-order valence-corrected chi connectivity index (χ2v) is 2.87. The average Bonchev–Trinajstić information content (AvgIpc) is 2.17. The Hall–Kier alpha value is -1.23. The molecule has 1 unspecified atom stereocenters. The molecule has 0 aliphatic rings. The maximum absolute atomic E-state index is 12.4. The Kier molecular flexibility index (Phi) is 4.25. The summed E-state index contributed by atoms with van der Waals surface area (Å²) in [6.07, 6.45) is 2.34. The fourth-order valence-corrected chi connectivity index (χ4v) is 0.982. The van der Waals surface area contributed by atoms with Crippen molar-refractivity contribution in [2.24, 2.45) is 0 Å². The normalized spacial score (nSPS) is 12.5. The average molecular weight is 199 g/mol. The molecule has 0 aliphatic carbocycles. The third-order valence-electron chi connectivity index (χ3n) is 1.62. The van der Waals surface area contributed by atoms with Gasteiger partial charge in [-0.05, 0) is 13.8 Å². The summed E-state index contributed by atoms with van der Waals surface area (Å²) in [6, 6.07) is 0. The summed E-state index contributed by atoms with van der Waals surface area (Å²) >= 11 is 0. The van der Waals surface area contributed by atoms with Gasteiger partial charge in [0, 0.05) is 13.2 Å². The van der Waals surface area contributed by atoms with E-state index < -0.39 is 5.82 Å². The van der Waals surface area contributed by atoms with Gasteiger partial charge >= 0.3 is 0 Å². The lowest BCUT2D eigenvalue weighted by molar-refractivity contribution is 0.0854. The van der Waals surface area contributed by atoms with Crippen molar-refractivity contribution in [3.8, 4) is 0 Å². The molecule has 0 spiro atoms. The van der Waals surface area contributed by atoms with Crippen molar-refractivity contribution in [3.05, 3.63) is 18.2 Å². The van der Waals surface area contributed by atoms with E-state index in [0.29, 0.717) is 19.1 Å². The molecule has 1 rings (SSSR count). The molecule has 0 saturated carbocycles. The fourth-order valence-electron chi connectivity index (χ4n) is 0.982. The van der Waals surface area contributed by atoms with Crippen LogP contribution in [-0.4, -0.2) is 29.2 Å². The van der Waals surface area contributed by atoms with Gasteiger partial charge in [-0.15, -0.1) is 0 Å². The molecule has 5 heteroatoms. The molecule has 0 amide bonds. The number of hydrogen-bond acceptors (Lipinski definition) is 4. The van der Waals surface area contributed by atoms with Crippen molar-refractivity contribution >= 4 is 5.95 Å². The van der Waals surface area contributed by atoms with Crippen LogP contribution in [-0.2, 0) is 4.74 Å². The van der Waals surface area contributed by atoms with Crippen LogP contribution in [0, 0.1) is 5.82 Å². The van der Waals surface area contributed by atoms with Gasteiger partial charge in [-0.2, -0.15) is 0 Å². The van der Waals surface area contributed by atoms with Gasteiger partial charge < -0.3 is 10.1 Å². The first-order valence-electron chi connectivity index (χ1n) is 4.55. The number of aromatic nitrogens is 2. The maximum atomic E-state index is 12.4. The monoisotopic (exact) mass is 199 g/mol. The molecule has 1 atom stereocenters. The minimum atomic E-state index is -0.437. The quantitative estimate of drug-likeness (QED) is 0.779. The molecule has 78 valence electrons. The van der Waals surface area contributed by atoms with Crippen molar-refractivity contribution < 1.29 is 9.13 Å². The Balaban J connectivity index is 2.34. The van der Waals surface area contributed by atoms with Crippen LogP contribution >= 0.6 is 0 Å². The molecule has 0 saturated heterocycles. The van der Waals surface area contributed by atoms with Crippen molar-refractivity contribution in [3.63, 3.8) is 0 Å². The van der Waals surface area contributed by atoms with Gasteiger partial charge in [-0.25, -0.2) is 14.4 Å². The lowest BCUT2D eigenvalue weighted by atomic mass is 10.4. The van der Waals surface area contributed by atoms with E-state index in [4.69, 9.17) is 4.74 Å². The van der Waals surface area contributed by atoms with Crippen molar-refractivity contribution in [2.45, 2.75) is 20.0 Å². The van der Waals surface area contributed by atoms with Gasteiger partial charge in [-0.1, -0.05) is 0 Å². The topological polar surface area (TPSA) is 47.0 Å². The van der Waals surface area contributed by atoms with Gasteiger partial charge in [-0.3, -0.25) is 0 Å². The number of nitrogens with one attached hydrogen (secondary N) is 1. The minimum Gasteiger partial charge on any atom is -0.377 e. The number of anilines is 1. The first-order chi connectivity index (χ1) is 6.72. The summed E-state index contributed by atoms with van der Waals surface area (Å²) < 4.78 is 17.7. The predicted octanol–water partition coefficient (Wildman–Crippen LogP) is 1.45. The van der Waals surface area contributed by atoms with Crippen LogP contribution in [0.25, 0.3) is 0 Å². The molecule has 0 fully saturated rings. The highest BCUT2D eigenvalue weighted by Crippen LogP contribution is 1.99. The summed E-state index contributed by atoms with van der Waals surface area (Å²) in [7, 11) is 0. The van der Waals surface area contributed by atoms with Crippen LogP contribution in [0.5, 0.6) is 0 Å². The highest BCUT2D eigenvalue weighted by molar-refractivity contribution is 5.22. The summed E-state index contributed by atoms with van der Waals surface area (Å²) in [4.78, 5) is 7.52. The zero-order valence-corrected chi connectivity index (χ0v) is 8.33. The van der Waals surface area contributed by atoms with Gasteiger partial charge in [0.2, 0.25) is 5.95 Å². The molecule has 14 heavy (non-hydrogen) atoms. The van der Waals surface area contributed by atoms with Crippen molar-refractivity contribution in [1.29, 1.82) is 0 Å². The highest BCUT2D eigenvalue weighted by Gasteiger charge is 2.01. The number of halogens is 1. The zero-order chi connectivity index (χ0) is 10.4. The fraction of sp³-hybridized carbons (Fsp3) is 0.556. The first-order valence-corrected chi connectivity index (χ1v) is 4.55. The van der Waals surface area contributed by atoms with E-state index in [2.05, 4.69) is 15.3 Å². The van der Waals surface area contributed by atoms with Gasteiger partial charge in [0.05, 0.1) is 18.5 Å².